The molecule has 0 fully saturated rings. The number of nitrogens with one attached hydrogen (secondary N) is 1. The Bertz CT molecular complexity index is 531. The molecule has 1 N–H and O–H groups in total. The Morgan fingerprint density at radius 3 is 2.88 bits per heavy atom. The molecule has 0 aliphatic heterocycles. The molecule has 0 amide bonds. The quantitative estimate of drug-likeness (QED) is 0.909. The van der Waals surface area contributed by atoms with Crippen molar-refractivity contribution in [1.82, 2.24) is 9.97 Å². The lowest BCUT2D eigenvalue weighted by molar-refractivity contribution is 0.628. The van der Waals surface area contributed by atoms with Gasteiger partial charge in [0.2, 0.25) is 5.95 Å². The summed E-state index contributed by atoms with van der Waals surface area (Å²) in [6.45, 7) is 2.71. The molecule has 0 unspecified atom stereocenters. The number of halogens is 2. The van der Waals surface area contributed by atoms with Gasteiger partial charge < -0.3 is 5.32 Å². The van der Waals surface area contributed by atoms with Gasteiger partial charge in [-0.15, -0.1) is 0 Å². The molecule has 0 aliphatic rings. The summed E-state index contributed by atoms with van der Waals surface area (Å²) in [6.07, 6.45) is 1.65. The second kappa shape index (κ2) is 5.10. The fraction of sp³-hybridized carbons (Fsp3) is 0.167. The third-order valence-electron chi connectivity index (χ3n) is 2.21. The highest BCUT2D eigenvalue weighted by atomic mass is 35.5. The van der Waals surface area contributed by atoms with Crippen LogP contribution in [0.2, 0.25) is 5.02 Å². The molecular weight excluding hydrogens is 241 g/mol. The first kappa shape index (κ1) is 11.8. The summed E-state index contributed by atoms with van der Waals surface area (Å²) in [7, 11) is 0. The molecule has 0 radical (unpaired) electrons. The molecule has 0 saturated heterocycles. The average Bonchev–Trinajstić information content (AvgIpc) is 2.33. The number of rotatable bonds is 3. The van der Waals surface area contributed by atoms with Crippen LogP contribution in [0.4, 0.5) is 10.3 Å². The normalized spacial score (nSPS) is 10.3. The SMILES string of the molecule is CCNc1nccc(-c2ccc(F)c(Cl)c2)n1. The summed E-state index contributed by atoms with van der Waals surface area (Å²) in [5.74, 6) is 0.113. The number of nitrogens with zero attached hydrogens (tertiary/aromatic N) is 2. The minimum absolute atomic E-state index is 0.0890. The first-order valence-electron chi connectivity index (χ1n) is 5.23. The molecular formula is C12H11ClFN3. The van der Waals surface area contributed by atoms with Crippen LogP contribution in [-0.4, -0.2) is 16.5 Å². The standard InChI is InChI=1S/C12H11ClFN3/c1-2-15-12-16-6-5-11(17-12)8-3-4-10(14)9(13)7-8/h3-7H,2H2,1H3,(H,15,16,17). The number of hydrogen-bond acceptors (Lipinski definition) is 3. The van der Waals surface area contributed by atoms with Gasteiger partial charge in [0.15, 0.2) is 0 Å². The zero-order chi connectivity index (χ0) is 12.3. The monoisotopic (exact) mass is 251 g/mol. The van der Waals surface area contributed by atoms with Crippen LogP contribution in [0.1, 0.15) is 6.92 Å². The second-order valence-corrected chi connectivity index (χ2v) is 3.83. The van der Waals surface area contributed by atoms with Gasteiger partial charge in [-0.2, -0.15) is 0 Å². The Hall–Kier alpha value is -1.68. The van der Waals surface area contributed by atoms with E-state index < -0.39 is 5.82 Å². The Morgan fingerprint density at radius 1 is 1.35 bits per heavy atom. The molecule has 0 spiro atoms. The average molecular weight is 252 g/mol. The van der Waals surface area contributed by atoms with E-state index in [4.69, 9.17) is 11.6 Å². The first-order valence-corrected chi connectivity index (χ1v) is 5.61. The highest BCUT2D eigenvalue weighted by molar-refractivity contribution is 6.31. The van der Waals surface area contributed by atoms with Crippen molar-refractivity contribution in [3.05, 3.63) is 41.3 Å². The Morgan fingerprint density at radius 2 is 2.18 bits per heavy atom. The molecule has 88 valence electrons. The molecule has 1 aromatic carbocycles. The van der Waals surface area contributed by atoms with E-state index in [2.05, 4.69) is 15.3 Å². The molecule has 0 bridgehead atoms. The maximum atomic E-state index is 13.0. The molecule has 5 heteroatoms. The van der Waals surface area contributed by atoms with E-state index in [1.807, 2.05) is 6.92 Å². The van der Waals surface area contributed by atoms with Crippen molar-refractivity contribution in [2.45, 2.75) is 6.92 Å². The second-order valence-electron chi connectivity index (χ2n) is 3.42. The van der Waals surface area contributed by atoms with Crippen LogP contribution < -0.4 is 5.32 Å². The number of benzene rings is 1. The van der Waals surface area contributed by atoms with Crippen LogP contribution in [-0.2, 0) is 0 Å². The van der Waals surface area contributed by atoms with Crippen LogP contribution in [0, 0.1) is 5.82 Å². The van der Waals surface area contributed by atoms with Gasteiger partial charge in [0.05, 0.1) is 10.7 Å². The van der Waals surface area contributed by atoms with E-state index in [9.17, 15) is 4.39 Å². The molecule has 0 aliphatic carbocycles. The zero-order valence-corrected chi connectivity index (χ0v) is 10.0. The van der Waals surface area contributed by atoms with Gasteiger partial charge in [-0.05, 0) is 31.2 Å². The minimum Gasteiger partial charge on any atom is -0.354 e. The highest BCUT2D eigenvalue weighted by Crippen LogP contribution is 2.23. The predicted molar refractivity (Wildman–Crippen MR) is 66.6 cm³/mol. The van der Waals surface area contributed by atoms with Crippen LogP contribution in [0.5, 0.6) is 0 Å². The maximum Gasteiger partial charge on any atom is 0.223 e. The number of hydrogen-bond donors (Lipinski definition) is 1. The first-order chi connectivity index (χ1) is 8.20. The van der Waals surface area contributed by atoms with Crippen LogP contribution in [0.25, 0.3) is 11.3 Å². The van der Waals surface area contributed by atoms with E-state index in [0.717, 1.165) is 12.1 Å². The molecule has 2 rings (SSSR count). The van der Waals surface area contributed by atoms with Gasteiger partial charge >= 0.3 is 0 Å². The van der Waals surface area contributed by atoms with E-state index in [-0.39, 0.29) is 5.02 Å². The summed E-state index contributed by atoms with van der Waals surface area (Å²) in [4.78, 5) is 8.37. The van der Waals surface area contributed by atoms with Crippen molar-refractivity contribution in [3.63, 3.8) is 0 Å². The predicted octanol–water partition coefficient (Wildman–Crippen LogP) is 3.37. The van der Waals surface area contributed by atoms with Crippen LogP contribution in [0.3, 0.4) is 0 Å². The molecule has 3 nitrogen and oxygen atoms in total. The Labute approximate surface area is 104 Å². The van der Waals surface area contributed by atoms with Crippen LogP contribution in [0.15, 0.2) is 30.5 Å². The van der Waals surface area contributed by atoms with E-state index in [0.29, 0.717) is 11.6 Å². The van der Waals surface area contributed by atoms with Crippen LogP contribution >= 0.6 is 11.6 Å². The van der Waals surface area contributed by atoms with Crippen molar-refractivity contribution in [1.29, 1.82) is 0 Å². The van der Waals surface area contributed by atoms with Gasteiger partial charge in [-0.1, -0.05) is 11.6 Å². The lowest BCUT2D eigenvalue weighted by atomic mass is 10.1. The minimum atomic E-state index is -0.434. The molecule has 17 heavy (non-hydrogen) atoms. The van der Waals surface area contributed by atoms with Gasteiger partial charge in [0.25, 0.3) is 0 Å². The van der Waals surface area contributed by atoms with Crippen molar-refractivity contribution in [2.75, 3.05) is 11.9 Å². The number of anilines is 1. The molecule has 0 saturated carbocycles. The summed E-state index contributed by atoms with van der Waals surface area (Å²) in [6, 6.07) is 6.27. The third-order valence-corrected chi connectivity index (χ3v) is 2.50. The Kier molecular flexibility index (Phi) is 3.54. The lowest BCUT2D eigenvalue weighted by Crippen LogP contribution is -2.02. The van der Waals surface area contributed by atoms with Crippen molar-refractivity contribution in [2.24, 2.45) is 0 Å². The third kappa shape index (κ3) is 2.71. The molecule has 1 heterocycles. The lowest BCUT2D eigenvalue weighted by Gasteiger charge is -2.05. The summed E-state index contributed by atoms with van der Waals surface area (Å²) < 4.78 is 13.0. The molecule has 2 aromatic rings. The summed E-state index contributed by atoms with van der Waals surface area (Å²) in [5.41, 5.74) is 1.47. The van der Waals surface area contributed by atoms with Gasteiger partial charge in [-0.25, -0.2) is 14.4 Å². The highest BCUT2D eigenvalue weighted by Gasteiger charge is 2.05. The van der Waals surface area contributed by atoms with E-state index >= 15 is 0 Å². The number of aromatic nitrogens is 2. The van der Waals surface area contributed by atoms with Gasteiger partial charge in [-0.3, -0.25) is 0 Å². The summed E-state index contributed by atoms with van der Waals surface area (Å²) in [5, 5.41) is 3.10. The largest absolute Gasteiger partial charge is 0.354 e. The topological polar surface area (TPSA) is 37.8 Å². The van der Waals surface area contributed by atoms with Crippen molar-refractivity contribution >= 4 is 17.5 Å². The fourth-order valence-corrected chi connectivity index (χ4v) is 1.60. The molecule has 0 atom stereocenters. The van der Waals surface area contributed by atoms with Crippen molar-refractivity contribution in [3.8, 4) is 11.3 Å². The van der Waals surface area contributed by atoms with Gasteiger partial charge in [0, 0.05) is 18.3 Å². The molecule has 1 aromatic heterocycles. The van der Waals surface area contributed by atoms with E-state index in [1.165, 1.54) is 6.07 Å². The zero-order valence-electron chi connectivity index (χ0n) is 9.24. The van der Waals surface area contributed by atoms with Crippen molar-refractivity contribution < 1.29 is 4.39 Å². The van der Waals surface area contributed by atoms with E-state index in [1.54, 1.807) is 24.4 Å². The smallest absolute Gasteiger partial charge is 0.223 e. The Balaban J connectivity index is 2.38. The summed E-state index contributed by atoms with van der Waals surface area (Å²) >= 11 is 5.73. The fourth-order valence-electron chi connectivity index (χ4n) is 1.42. The maximum absolute atomic E-state index is 13.0. The van der Waals surface area contributed by atoms with Gasteiger partial charge in [0.1, 0.15) is 5.82 Å².